The molecule has 0 aromatic heterocycles. The van der Waals surface area contributed by atoms with E-state index in [9.17, 15) is 9.59 Å². The van der Waals surface area contributed by atoms with E-state index in [0.717, 1.165) is 5.57 Å². The summed E-state index contributed by atoms with van der Waals surface area (Å²) in [6.07, 6.45) is 6.25. The zero-order valence-corrected chi connectivity index (χ0v) is 11.9. The Kier molecular flexibility index (Phi) is 5.99. The first-order valence-corrected chi connectivity index (χ1v) is 6.30. The summed E-state index contributed by atoms with van der Waals surface area (Å²) in [5.41, 5.74) is 1.19. The zero-order chi connectivity index (χ0) is 15.1. The number of carboxylic acids is 1. The number of ether oxygens (including phenoxy) is 1. The first-order chi connectivity index (χ1) is 9.53. The van der Waals surface area contributed by atoms with Gasteiger partial charge in [0.1, 0.15) is 11.8 Å². The van der Waals surface area contributed by atoms with E-state index < -0.39 is 12.0 Å². The Morgan fingerprint density at radius 3 is 2.60 bits per heavy atom. The van der Waals surface area contributed by atoms with Gasteiger partial charge in [-0.15, -0.1) is 0 Å². The second kappa shape index (κ2) is 7.49. The minimum absolute atomic E-state index is 0.262. The number of amides is 1. The molecule has 0 unspecified atom stereocenters. The van der Waals surface area contributed by atoms with Gasteiger partial charge in [-0.05, 0) is 37.6 Å². The molecule has 0 saturated heterocycles. The van der Waals surface area contributed by atoms with Gasteiger partial charge in [-0.1, -0.05) is 6.08 Å². The number of hydrogen-bond acceptors (Lipinski definition) is 4. The molecule has 0 bridgehead atoms. The molecule has 1 amide bonds. The van der Waals surface area contributed by atoms with Crippen molar-refractivity contribution in [2.45, 2.75) is 18.9 Å². The summed E-state index contributed by atoms with van der Waals surface area (Å²) in [6, 6.07) is -0.687. The van der Waals surface area contributed by atoms with Gasteiger partial charge >= 0.3 is 5.97 Å². The topological polar surface area (TPSA) is 87.7 Å². The second-order valence-electron chi connectivity index (χ2n) is 4.31. The Balaban J connectivity index is 3.01. The molecule has 1 atom stereocenters. The number of methoxy groups -OCH3 is 1. The lowest BCUT2D eigenvalue weighted by Gasteiger charge is -2.13. The molecular weight excluding hydrogens is 260 g/mol. The molecule has 6 nitrogen and oxygen atoms in total. The van der Waals surface area contributed by atoms with Crippen molar-refractivity contribution in [2.24, 2.45) is 0 Å². The van der Waals surface area contributed by atoms with E-state index in [4.69, 9.17) is 9.84 Å². The molecule has 0 aromatic carbocycles. The van der Waals surface area contributed by atoms with Crippen molar-refractivity contribution in [2.75, 3.05) is 21.2 Å². The Morgan fingerprint density at radius 1 is 1.40 bits per heavy atom. The monoisotopic (exact) mass is 280 g/mol. The van der Waals surface area contributed by atoms with Crippen molar-refractivity contribution >= 4 is 11.9 Å². The van der Waals surface area contributed by atoms with Crippen LogP contribution in [0.5, 0.6) is 0 Å². The van der Waals surface area contributed by atoms with Crippen molar-refractivity contribution in [3.05, 3.63) is 35.1 Å². The van der Waals surface area contributed by atoms with Gasteiger partial charge in [0.05, 0.1) is 12.7 Å². The summed E-state index contributed by atoms with van der Waals surface area (Å²) < 4.78 is 5.20. The summed E-state index contributed by atoms with van der Waals surface area (Å²) in [4.78, 5) is 22.9. The Hall–Kier alpha value is -2.08. The molecule has 1 aliphatic carbocycles. The maximum Gasteiger partial charge on any atom is 0.321 e. The number of carbonyl (C=O) groups excluding carboxylic acids is 1. The highest BCUT2D eigenvalue weighted by Gasteiger charge is 2.20. The molecule has 110 valence electrons. The fraction of sp³-hybridized carbons (Fsp3) is 0.429. The molecule has 0 radical (unpaired) electrons. The Morgan fingerprint density at radius 2 is 2.10 bits per heavy atom. The highest BCUT2D eigenvalue weighted by atomic mass is 16.5. The molecular formula is C14H20N2O4. The maximum absolute atomic E-state index is 11.9. The molecule has 0 aromatic rings. The lowest BCUT2D eigenvalue weighted by Crippen LogP contribution is -2.34. The molecule has 6 heteroatoms. The summed E-state index contributed by atoms with van der Waals surface area (Å²) in [5.74, 6) is -0.693. The second-order valence-corrected chi connectivity index (χ2v) is 4.31. The summed E-state index contributed by atoms with van der Waals surface area (Å²) in [7, 11) is 4.64. The first kappa shape index (κ1) is 16.0. The van der Waals surface area contributed by atoms with Gasteiger partial charge < -0.3 is 20.5 Å². The fourth-order valence-electron chi connectivity index (χ4n) is 1.94. The van der Waals surface area contributed by atoms with Gasteiger partial charge in [-0.3, -0.25) is 9.59 Å². The van der Waals surface area contributed by atoms with Crippen LogP contribution in [0.4, 0.5) is 0 Å². The molecule has 0 saturated carbocycles. The van der Waals surface area contributed by atoms with Crippen LogP contribution in [0.2, 0.25) is 0 Å². The third kappa shape index (κ3) is 3.96. The molecule has 3 N–H and O–H groups in total. The van der Waals surface area contributed by atoms with Crippen LogP contribution < -0.4 is 10.6 Å². The van der Waals surface area contributed by atoms with Crippen LogP contribution >= 0.6 is 0 Å². The van der Waals surface area contributed by atoms with Crippen molar-refractivity contribution in [3.8, 4) is 0 Å². The molecule has 1 rings (SSSR count). The quantitative estimate of drug-likeness (QED) is 0.662. The fourth-order valence-corrected chi connectivity index (χ4v) is 1.94. The number of carboxylic acid groups (broad SMARTS) is 1. The van der Waals surface area contributed by atoms with Crippen molar-refractivity contribution in [3.63, 3.8) is 0 Å². The van der Waals surface area contributed by atoms with E-state index >= 15 is 0 Å². The van der Waals surface area contributed by atoms with Crippen molar-refractivity contribution in [1.82, 2.24) is 10.6 Å². The summed E-state index contributed by atoms with van der Waals surface area (Å²) >= 11 is 0. The minimum Gasteiger partial charge on any atom is -0.496 e. The lowest BCUT2D eigenvalue weighted by atomic mass is 10.0. The number of hydrogen-bond donors (Lipinski definition) is 3. The predicted octanol–water partition coefficient (Wildman–Crippen LogP) is 0.582. The summed E-state index contributed by atoms with van der Waals surface area (Å²) in [5, 5.41) is 14.4. The van der Waals surface area contributed by atoms with Crippen molar-refractivity contribution < 1.29 is 19.4 Å². The van der Waals surface area contributed by atoms with Gasteiger partial charge in [-0.25, -0.2) is 0 Å². The van der Waals surface area contributed by atoms with Crippen LogP contribution in [0.3, 0.4) is 0 Å². The van der Waals surface area contributed by atoms with Crippen LogP contribution in [-0.2, 0) is 14.3 Å². The Bertz CT molecular complexity index is 478. The smallest absolute Gasteiger partial charge is 0.321 e. The molecule has 1 aliphatic rings. The van der Waals surface area contributed by atoms with Crippen LogP contribution in [0.25, 0.3) is 0 Å². The van der Waals surface area contributed by atoms with E-state index in [1.807, 2.05) is 6.08 Å². The van der Waals surface area contributed by atoms with Gasteiger partial charge in [0.2, 0.25) is 0 Å². The average molecular weight is 280 g/mol. The average Bonchev–Trinajstić information content (AvgIpc) is 2.65. The van der Waals surface area contributed by atoms with Crippen LogP contribution in [0, 0.1) is 0 Å². The number of likely N-dealkylation sites (N-methyl/N-ethyl adjacent to an activating group) is 2. The molecule has 0 fully saturated rings. The highest BCUT2D eigenvalue weighted by Crippen LogP contribution is 2.22. The molecule has 0 heterocycles. The largest absolute Gasteiger partial charge is 0.496 e. The van der Waals surface area contributed by atoms with E-state index in [0.29, 0.717) is 24.2 Å². The zero-order valence-electron chi connectivity index (χ0n) is 11.9. The molecule has 0 spiro atoms. The standard InChI is InChI=1S/C14H20N2O4/c1-15-11(14(18)19)8-9-5-4-6-12(20-3)10(7-9)13(17)16-2/h5-7,11,15H,4,8H2,1-3H3,(H,16,17)(H,18,19)/t11-/m0/s1. The first-order valence-electron chi connectivity index (χ1n) is 6.30. The van der Waals surface area contributed by atoms with Gasteiger partial charge in [0.15, 0.2) is 0 Å². The SMILES string of the molecule is CNC(=O)C1=CC(C[C@H](NC)C(=O)O)=CCC=C1OC. The van der Waals surface area contributed by atoms with E-state index in [-0.39, 0.29) is 5.91 Å². The third-order valence-electron chi connectivity index (χ3n) is 3.06. The van der Waals surface area contributed by atoms with Gasteiger partial charge in [0, 0.05) is 7.05 Å². The number of rotatable bonds is 6. The van der Waals surface area contributed by atoms with E-state index in [1.54, 1.807) is 26.2 Å². The highest BCUT2D eigenvalue weighted by molar-refractivity contribution is 5.97. The number of aliphatic carboxylic acids is 1. The molecule has 20 heavy (non-hydrogen) atoms. The number of nitrogens with one attached hydrogen (secondary N) is 2. The normalized spacial score (nSPS) is 16.2. The Labute approximate surface area is 118 Å². The van der Waals surface area contributed by atoms with Crippen LogP contribution in [0.15, 0.2) is 35.1 Å². The molecule has 0 aliphatic heterocycles. The lowest BCUT2D eigenvalue weighted by molar-refractivity contribution is -0.139. The third-order valence-corrected chi connectivity index (χ3v) is 3.06. The maximum atomic E-state index is 11.9. The minimum atomic E-state index is -0.924. The van der Waals surface area contributed by atoms with E-state index in [1.165, 1.54) is 7.11 Å². The van der Waals surface area contributed by atoms with Crippen molar-refractivity contribution in [1.29, 1.82) is 0 Å². The van der Waals surface area contributed by atoms with Gasteiger partial charge in [0.25, 0.3) is 5.91 Å². The predicted molar refractivity (Wildman–Crippen MR) is 75.0 cm³/mol. The van der Waals surface area contributed by atoms with Crippen LogP contribution in [0.1, 0.15) is 12.8 Å². The van der Waals surface area contributed by atoms with E-state index in [2.05, 4.69) is 10.6 Å². The van der Waals surface area contributed by atoms with Gasteiger partial charge in [-0.2, -0.15) is 0 Å². The summed E-state index contributed by atoms with van der Waals surface area (Å²) in [6.45, 7) is 0. The van der Waals surface area contributed by atoms with Crippen LogP contribution in [-0.4, -0.2) is 44.2 Å². The number of carbonyl (C=O) groups is 2. The number of allylic oxidation sites excluding steroid dienone is 3.